The average Bonchev–Trinajstić information content (AvgIpc) is 3.61. The number of hydroxylamine groups is 1. The molecule has 226 valence electrons. The van der Waals surface area contributed by atoms with Gasteiger partial charge in [-0.25, -0.2) is 19.2 Å². The maximum absolute atomic E-state index is 13.7. The highest BCUT2D eigenvalue weighted by molar-refractivity contribution is 7.48. The summed E-state index contributed by atoms with van der Waals surface area (Å²) in [6.45, 7) is 0.786. The molecule has 1 aliphatic heterocycles. The zero-order valence-electron chi connectivity index (χ0n) is 22.6. The topological polar surface area (TPSA) is 170 Å². The van der Waals surface area contributed by atoms with Gasteiger partial charge in [0.1, 0.15) is 12.3 Å². The molecule has 1 aliphatic carbocycles. The highest BCUT2D eigenvalue weighted by Crippen LogP contribution is 2.45. The number of hydrogen-bond acceptors (Lipinski definition) is 10. The minimum atomic E-state index is -5.01. The highest BCUT2D eigenvalue weighted by atomic mass is 31.2. The lowest BCUT2D eigenvalue weighted by molar-refractivity contribution is -0.140. The molecule has 0 spiro atoms. The van der Waals surface area contributed by atoms with E-state index in [1.807, 2.05) is 36.4 Å². The number of H-pyrrole nitrogens is 1. The van der Waals surface area contributed by atoms with Gasteiger partial charge in [0.05, 0.1) is 30.7 Å². The Morgan fingerprint density at radius 2 is 1.93 bits per heavy atom. The van der Waals surface area contributed by atoms with E-state index in [-0.39, 0.29) is 12.5 Å². The number of aliphatic hydroxyl groups excluding tert-OH is 1. The standard InChI is InChI=1S/C27H31FN3O10P/c1-16(31(40-18-9-3-4-10-18)21-12-6-8-17-7-2-5-11-19(17)21)26(34)41-42(36,37)38-15-23-22(32)13-24(39-23)30-14-20(28)25(33)29-27(30)35/h2,5-8,11-12,14,16,18,22-24,32H,3-4,9-10,13,15H2,1H3,(H,36,37)(H,29,33,35)/t16-,22-,23+,24+/m0/s1. The summed E-state index contributed by atoms with van der Waals surface area (Å²) in [7, 11) is -5.01. The molecule has 5 atom stereocenters. The van der Waals surface area contributed by atoms with Crippen molar-refractivity contribution in [3.8, 4) is 0 Å². The lowest BCUT2D eigenvalue weighted by atomic mass is 10.1. The molecule has 2 fully saturated rings. The normalized spacial score (nSPS) is 23.1. The number of nitrogens with zero attached hydrogens (tertiary/aromatic N) is 2. The third-order valence-electron chi connectivity index (χ3n) is 7.31. The summed E-state index contributed by atoms with van der Waals surface area (Å²) in [5.41, 5.74) is -1.59. The molecule has 1 unspecified atom stereocenters. The zero-order chi connectivity index (χ0) is 30.0. The minimum Gasteiger partial charge on any atom is -0.390 e. The zero-order valence-corrected chi connectivity index (χ0v) is 23.5. The third kappa shape index (κ3) is 6.64. The molecule has 2 aliphatic rings. The number of benzene rings is 2. The molecular weight excluding hydrogens is 576 g/mol. The predicted molar refractivity (Wildman–Crippen MR) is 147 cm³/mol. The number of ether oxygens (including phenoxy) is 1. The fourth-order valence-corrected chi connectivity index (χ4v) is 5.87. The van der Waals surface area contributed by atoms with Crippen LogP contribution in [-0.2, 0) is 28.0 Å². The van der Waals surface area contributed by atoms with Crippen LogP contribution in [0.5, 0.6) is 0 Å². The molecule has 42 heavy (non-hydrogen) atoms. The number of hydrogen-bond donors (Lipinski definition) is 3. The van der Waals surface area contributed by atoms with Crippen molar-refractivity contribution in [2.24, 2.45) is 0 Å². The number of aromatic amines is 1. The van der Waals surface area contributed by atoms with E-state index in [1.54, 1.807) is 11.1 Å². The Morgan fingerprint density at radius 1 is 1.21 bits per heavy atom. The Bertz CT molecular complexity index is 1600. The first-order valence-electron chi connectivity index (χ1n) is 13.5. The Kier molecular flexibility index (Phi) is 8.92. The molecule has 5 rings (SSSR count). The van der Waals surface area contributed by atoms with Gasteiger partial charge in [0, 0.05) is 11.8 Å². The molecule has 0 bridgehead atoms. The van der Waals surface area contributed by atoms with Gasteiger partial charge in [0.15, 0.2) is 6.04 Å². The maximum Gasteiger partial charge on any atom is 0.529 e. The van der Waals surface area contributed by atoms with Gasteiger partial charge in [-0.15, -0.1) is 0 Å². The van der Waals surface area contributed by atoms with Crippen molar-refractivity contribution in [1.82, 2.24) is 9.55 Å². The molecule has 2 heterocycles. The van der Waals surface area contributed by atoms with E-state index in [4.69, 9.17) is 18.6 Å². The quantitative estimate of drug-likeness (QED) is 0.229. The molecule has 13 nitrogen and oxygen atoms in total. The Labute approximate surface area is 239 Å². The van der Waals surface area contributed by atoms with Crippen molar-refractivity contribution in [3.05, 3.63) is 75.3 Å². The molecule has 1 saturated carbocycles. The van der Waals surface area contributed by atoms with Gasteiger partial charge in [-0.2, -0.15) is 4.39 Å². The number of aromatic nitrogens is 2. The van der Waals surface area contributed by atoms with Crippen molar-refractivity contribution in [1.29, 1.82) is 0 Å². The van der Waals surface area contributed by atoms with E-state index in [9.17, 15) is 33.3 Å². The van der Waals surface area contributed by atoms with Crippen LogP contribution in [0.3, 0.4) is 0 Å². The number of aliphatic hydroxyl groups is 1. The molecule has 1 aromatic heterocycles. The highest BCUT2D eigenvalue weighted by Gasteiger charge is 2.40. The van der Waals surface area contributed by atoms with Gasteiger partial charge in [0.25, 0.3) is 5.56 Å². The van der Waals surface area contributed by atoms with Gasteiger partial charge in [-0.3, -0.25) is 28.6 Å². The predicted octanol–water partition coefficient (Wildman–Crippen LogP) is 2.91. The summed E-state index contributed by atoms with van der Waals surface area (Å²) >= 11 is 0. The number of nitrogens with one attached hydrogen (secondary N) is 1. The van der Waals surface area contributed by atoms with Crippen molar-refractivity contribution in [2.75, 3.05) is 11.7 Å². The number of phosphoric ester groups is 1. The van der Waals surface area contributed by atoms with Crippen LogP contribution in [0.4, 0.5) is 10.1 Å². The summed E-state index contributed by atoms with van der Waals surface area (Å²) in [4.78, 5) is 54.8. The molecule has 0 radical (unpaired) electrons. The van der Waals surface area contributed by atoms with E-state index >= 15 is 0 Å². The number of fused-ring (bicyclic) bond motifs is 1. The second kappa shape index (κ2) is 12.5. The first-order chi connectivity index (χ1) is 20.0. The van der Waals surface area contributed by atoms with Crippen LogP contribution in [0.25, 0.3) is 10.8 Å². The summed E-state index contributed by atoms with van der Waals surface area (Å²) in [6.07, 6.45) is 0.147. The first-order valence-corrected chi connectivity index (χ1v) is 15.0. The molecule has 3 N–H and O–H groups in total. The van der Waals surface area contributed by atoms with Crippen molar-refractivity contribution < 1.29 is 42.4 Å². The largest absolute Gasteiger partial charge is 0.529 e. The summed E-state index contributed by atoms with van der Waals surface area (Å²) in [6, 6.07) is 11.9. The molecule has 15 heteroatoms. The van der Waals surface area contributed by atoms with Gasteiger partial charge < -0.3 is 14.4 Å². The number of carbonyl (C=O) groups is 1. The fourth-order valence-electron chi connectivity index (χ4n) is 5.10. The van der Waals surface area contributed by atoms with E-state index < -0.39 is 61.9 Å². The van der Waals surface area contributed by atoms with Crippen LogP contribution in [0.1, 0.15) is 45.3 Å². The Balaban J connectivity index is 1.26. The van der Waals surface area contributed by atoms with Gasteiger partial charge in [0.2, 0.25) is 5.82 Å². The summed E-state index contributed by atoms with van der Waals surface area (Å²) < 4.78 is 42.5. The van der Waals surface area contributed by atoms with Crippen LogP contribution in [0.15, 0.2) is 58.3 Å². The Hall–Kier alpha value is -3.39. The van der Waals surface area contributed by atoms with Crippen LogP contribution in [0.2, 0.25) is 0 Å². The van der Waals surface area contributed by atoms with Crippen molar-refractivity contribution in [3.63, 3.8) is 0 Å². The monoisotopic (exact) mass is 607 g/mol. The average molecular weight is 608 g/mol. The SMILES string of the molecule is C[C@@H](C(=O)OP(=O)(O)OC[C@H]1O[C@@H](n2cc(F)c(=O)[nH]c2=O)C[C@@H]1O)N(OC1CCCC1)c1cccc2ccccc12. The molecule has 0 amide bonds. The molecule has 2 aromatic carbocycles. The van der Waals surface area contributed by atoms with Crippen molar-refractivity contribution >= 4 is 30.3 Å². The maximum atomic E-state index is 13.7. The van der Waals surface area contributed by atoms with Gasteiger partial charge in [-0.05, 0) is 31.2 Å². The molecule has 3 aromatic rings. The van der Waals surface area contributed by atoms with Crippen LogP contribution >= 0.6 is 7.82 Å². The van der Waals surface area contributed by atoms with Crippen LogP contribution in [-0.4, -0.2) is 56.5 Å². The van der Waals surface area contributed by atoms with Gasteiger partial charge in [-0.1, -0.05) is 49.2 Å². The van der Waals surface area contributed by atoms with E-state index in [0.717, 1.165) is 41.0 Å². The first kappa shape index (κ1) is 30.1. The van der Waals surface area contributed by atoms with E-state index in [2.05, 4.69) is 0 Å². The smallest absolute Gasteiger partial charge is 0.390 e. The fraction of sp³-hybridized carbons (Fsp3) is 0.444. The second-order valence-corrected chi connectivity index (χ2v) is 11.6. The van der Waals surface area contributed by atoms with E-state index in [1.165, 1.54) is 12.0 Å². The van der Waals surface area contributed by atoms with Crippen LogP contribution in [0, 0.1) is 5.82 Å². The Morgan fingerprint density at radius 3 is 2.69 bits per heavy atom. The van der Waals surface area contributed by atoms with Crippen molar-refractivity contribution in [2.45, 2.75) is 69.6 Å². The number of rotatable bonds is 10. The number of carbonyl (C=O) groups excluding carboxylic acids is 1. The summed E-state index contributed by atoms with van der Waals surface area (Å²) in [5.74, 6) is -2.32. The minimum absolute atomic E-state index is 0.145. The molecular formula is C27H31FN3O10P. The van der Waals surface area contributed by atoms with Crippen LogP contribution < -0.4 is 16.3 Å². The number of anilines is 1. The number of phosphoric acid groups is 1. The number of halogens is 1. The van der Waals surface area contributed by atoms with E-state index in [0.29, 0.717) is 11.9 Å². The summed E-state index contributed by atoms with van der Waals surface area (Å²) in [5, 5.41) is 13.5. The molecule has 1 saturated heterocycles. The lowest BCUT2D eigenvalue weighted by Gasteiger charge is -2.32. The third-order valence-corrected chi connectivity index (χ3v) is 8.19. The lowest BCUT2D eigenvalue weighted by Crippen LogP contribution is -2.42. The van der Waals surface area contributed by atoms with Gasteiger partial charge >= 0.3 is 19.5 Å². The second-order valence-electron chi connectivity index (χ2n) is 10.3.